The number of aromatic nitrogens is 1. The number of nitrogens with zero attached hydrogens (tertiary/aromatic N) is 4. The Hall–Kier alpha value is -3.47. The number of fused-ring (bicyclic) bond motifs is 1. The van der Waals surface area contributed by atoms with Crippen LogP contribution in [-0.4, -0.2) is 99.2 Å². The van der Waals surface area contributed by atoms with Gasteiger partial charge in [0.1, 0.15) is 6.04 Å². The molecule has 0 amide bonds. The highest BCUT2D eigenvalue weighted by atomic mass is 32.1. The molecule has 3 aliphatic heterocycles. The highest BCUT2D eigenvalue weighted by Gasteiger charge is 2.59. The number of hydrogen-bond donors (Lipinski definition) is 3. The van der Waals surface area contributed by atoms with Crippen molar-refractivity contribution in [1.82, 2.24) is 20.1 Å². The van der Waals surface area contributed by atoms with Gasteiger partial charge in [0.05, 0.1) is 24.8 Å². The molecule has 4 atom stereocenters. The third kappa shape index (κ3) is 5.95. The molecule has 0 radical (unpaired) electrons. The second kappa shape index (κ2) is 12.1. The maximum absolute atomic E-state index is 15.5. The molecule has 0 unspecified atom stereocenters. The largest absolute Gasteiger partial charge is 0.479 e. The standard InChI is InChI=1S/C28H30F5N5O5S/c1-3-43-25(39)18-16(12-38-13-28(32,33)22-17(38)6-9-37(22)10-7-27(2,42)26(40)41)35-23(24-34-8-11-44-24)36-21(18)14-4-5-15(29)20(31)19(14)30/h4-5,8,11,17,21-22,42H,3,6-7,9-10,12-13H2,1-2H3,(H,35,36)(H,40,41)/t17-,21-,22+,27+/m0/s1. The van der Waals surface area contributed by atoms with E-state index in [2.05, 4.69) is 15.3 Å². The van der Waals surface area contributed by atoms with Gasteiger partial charge in [0.25, 0.3) is 5.92 Å². The second-order valence-electron chi connectivity index (χ2n) is 11.1. The number of aliphatic carboxylic acids is 1. The van der Waals surface area contributed by atoms with Crippen molar-refractivity contribution >= 4 is 29.1 Å². The van der Waals surface area contributed by atoms with E-state index in [1.165, 1.54) is 22.9 Å². The molecular formula is C28H30F5N5O5S. The van der Waals surface area contributed by atoms with Gasteiger partial charge in [0.2, 0.25) is 0 Å². The van der Waals surface area contributed by atoms with Crippen molar-refractivity contribution < 1.29 is 46.5 Å². The molecule has 44 heavy (non-hydrogen) atoms. The zero-order valence-corrected chi connectivity index (χ0v) is 24.5. The third-order valence-electron chi connectivity index (χ3n) is 8.11. The molecule has 16 heteroatoms. The van der Waals surface area contributed by atoms with Crippen molar-refractivity contribution in [1.29, 1.82) is 0 Å². The smallest absolute Gasteiger partial charge is 0.338 e. The third-order valence-corrected chi connectivity index (χ3v) is 8.89. The molecule has 2 saturated heterocycles. The number of carbonyl (C=O) groups is 2. The summed E-state index contributed by atoms with van der Waals surface area (Å²) in [5, 5.41) is 24.3. The minimum Gasteiger partial charge on any atom is -0.479 e. The van der Waals surface area contributed by atoms with E-state index in [0.717, 1.165) is 24.3 Å². The molecule has 3 aliphatic rings. The van der Waals surface area contributed by atoms with Crippen molar-refractivity contribution in [3.05, 3.63) is 63.0 Å². The van der Waals surface area contributed by atoms with Gasteiger partial charge in [-0.15, -0.1) is 11.3 Å². The predicted octanol–water partition coefficient (Wildman–Crippen LogP) is 3.09. The molecular weight excluding hydrogens is 613 g/mol. The monoisotopic (exact) mass is 643 g/mol. The van der Waals surface area contributed by atoms with Crippen LogP contribution in [0.25, 0.3) is 0 Å². The average molecular weight is 644 g/mol. The van der Waals surface area contributed by atoms with Crippen LogP contribution in [0, 0.1) is 17.5 Å². The van der Waals surface area contributed by atoms with Crippen LogP contribution in [0.15, 0.2) is 40.0 Å². The molecule has 2 fully saturated rings. The maximum atomic E-state index is 15.5. The minimum absolute atomic E-state index is 0.0569. The van der Waals surface area contributed by atoms with Gasteiger partial charge in [-0.2, -0.15) is 0 Å². The molecule has 3 N–H and O–H groups in total. The fraction of sp³-hybridized carbons (Fsp3) is 0.500. The lowest BCUT2D eigenvalue weighted by Crippen LogP contribution is -2.48. The number of hydrogen-bond acceptors (Lipinski definition) is 10. The van der Waals surface area contributed by atoms with Crippen molar-refractivity contribution in [3.63, 3.8) is 0 Å². The number of esters is 1. The Kier molecular flexibility index (Phi) is 8.81. The van der Waals surface area contributed by atoms with Gasteiger partial charge in [-0.05, 0) is 32.8 Å². The van der Waals surface area contributed by atoms with E-state index in [4.69, 9.17) is 4.74 Å². The number of thiazole rings is 1. The van der Waals surface area contributed by atoms with Crippen LogP contribution in [0.4, 0.5) is 22.0 Å². The first-order valence-electron chi connectivity index (χ1n) is 13.8. The number of carbonyl (C=O) groups excluding carboxylic acids is 1. The summed E-state index contributed by atoms with van der Waals surface area (Å²) in [6, 6.07) is -1.87. The van der Waals surface area contributed by atoms with Gasteiger partial charge in [-0.3, -0.25) is 14.8 Å². The Labute approximate surface area is 252 Å². The molecule has 2 aromatic rings. The van der Waals surface area contributed by atoms with Crippen LogP contribution in [0.3, 0.4) is 0 Å². The van der Waals surface area contributed by atoms with Crippen molar-refractivity contribution in [2.24, 2.45) is 4.99 Å². The van der Waals surface area contributed by atoms with Gasteiger partial charge in [-0.1, -0.05) is 6.07 Å². The molecule has 5 rings (SSSR count). The second-order valence-corrected chi connectivity index (χ2v) is 11.9. The summed E-state index contributed by atoms with van der Waals surface area (Å²) in [4.78, 5) is 36.2. The normalized spacial score (nSPS) is 24.9. The number of rotatable bonds is 10. The van der Waals surface area contributed by atoms with Crippen LogP contribution in [0.5, 0.6) is 0 Å². The number of nitrogens with one attached hydrogen (secondary N) is 1. The maximum Gasteiger partial charge on any atom is 0.338 e. The summed E-state index contributed by atoms with van der Waals surface area (Å²) < 4.78 is 79.6. The molecule has 1 aromatic heterocycles. The van der Waals surface area contributed by atoms with Gasteiger partial charge in [0, 0.05) is 48.5 Å². The van der Waals surface area contributed by atoms with E-state index in [0.29, 0.717) is 11.1 Å². The SMILES string of the molecule is CCOC(=O)C1=C(CN2CC(F)(F)[C@H]3[C@@H]2CCN3CC[C@@](C)(O)C(=O)O)NC(c2nccs2)=N[C@H]1c1ccc(F)c(F)c1F. The highest BCUT2D eigenvalue weighted by Crippen LogP contribution is 2.43. The molecule has 238 valence electrons. The zero-order valence-electron chi connectivity index (χ0n) is 23.7. The Bertz CT molecular complexity index is 1500. The Morgan fingerprint density at radius 3 is 2.64 bits per heavy atom. The zero-order chi connectivity index (χ0) is 32.0. The van der Waals surface area contributed by atoms with Crippen LogP contribution in [0.1, 0.15) is 43.3 Å². The lowest BCUT2D eigenvalue weighted by atomic mass is 9.94. The number of alkyl halides is 2. The molecule has 1 aromatic carbocycles. The minimum atomic E-state index is -3.24. The summed E-state index contributed by atoms with van der Waals surface area (Å²) in [6.07, 6.45) is 1.49. The van der Waals surface area contributed by atoms with Crippen LogP contribution >= 0.6 is 11.3 Å². The first-order valence-corrected chi connectivity index (χ1v) is 14.7. The molecule has 0 saturated carbocycles. The first kappa shape index (κ1) is 31.9. The number of aliphatic hydroxyl groups is 1. The Morgan fingerprint density at radius 1 is 1.23 bits per heavy atom. The number of carboxylic acid groups (broad SMARTS) is 1. The summed E-state index contributed by atoms with van der Waals surface area (Å²) >= 11 is 1.15. The van der Waals surface area contributed by atoms with Gasteiger partial charge in [-0.25, -0.2) is 36.5 Å². The highest BCUT2D eigenvalue weighted by molar-refractivity contribution is 7.11. The van der Waals surface area contributed by atoms with Crippen molar-refractivity contribution in [3.8, 4) is 0 Å². The van der Waals surface area contributed by atoms with Crippen molar-refractivity contribution in [2.45, 2.75) is 56.3 Å². The van der Waals surface area contributed by atoms with Crippen LogP contribution < -0.4 is 5.32 Å². The number of halogens is 5. The summed E-state index contributed by atoms with van der Waals surface area (Å²) in [7, 11) is 0. The topological polar surface area (TPSA) is 128 Å². The number of amidine groups is 1. The Morgan fingerprint density at radius 2 is 1.98 bits per heavy atom. The van der Waals surface area contributed by atoms with E-state index in [-0.39, 0.29) is 56.2 Å². The fourth-order valence-corrected chi connectivity index (χ4v) is 6.53. The summed E-state index contributed by atoms with van der Waals surface area (Å²) in [6.45, 7) is 1.69. The lowest BCUT2D eigenvalue weighted by molar-refractivity contribution is -0.157. The van der Waals surface area contributed by atoms with Gasteiger partial charge < -0.3 is 20.3 Å². The van der Waals surface area contributed by atoms with Crippen LogP contribution in [-0.2, 0) is 14.3 Å². The van der Waals surface area contributed by atoms with E-state index < -0.39 is 71.1 Å². The van der Waals surface area contributed by atoms with Gasteiger partial charge in [0.15, 0.2) is 33.9 Å². The molecule has 0 bridgehead atoms. The average Bonchev–Trinajstić information content (AvgIpc) is 3.70. The molecule has 0 aliphatic carbocycles. The van der Waals surface area contributed by atoms with Crippen LogP contribution in [0.2, 0.25) is 0 Å². The number of benzene rings is 1. The van der Waals surface area contributed by atoms with Gasteiger partial charge >= 0.3 is 11.9 Å². The van der Waals surface area contributed by atoms with Crippen molar-refractivity contribution in [2.75, 3.05) is 32.8 Å². The summed E-state index contributed by atoms with van der Waals surface area (Å²) in [5.41, 5.74) is -2.74. The van der Waals surface area contributed by atoms with E-state index >= 15 is 13.2 Å². The number of carboxylic acids is 1. The Balaban J connectivity index is 1.52. The van der Waals surface area contributed by atoms with E-state index in [1.54, 1.807) is 5.38 Å². The number of ether oxygens (including phenoxy) is 1. The van der Waals surface area contributed by atoms with E-state index in [1.807, 2.05) is 0 Å². The fourth-order valence-electron chi connectivity index (χ4n) is 5.94. The quantitative estimate of drug-likeness (QED) is 0.203. The first-order chi connectivity index (χ1) is 20.7. The lowest BCUT2D eigenvalue weighted by Gasteiger charge is -2.31. The predicted molar refractivity (Wildman–Crippen MR) is 148 cm³/mol. The van der Waals surface area contributed by atoms with E-state index in [9.17, 15) is 28.6 Å². The number of likely N-dealkylation sites (tertiary alicyclic amines) is 2. The molecule has 0 spiro atoms. The summed E-state index contributed by atoms with van der Waals surface area (Å²) in [5.74, 6) is -10.3. The molecule has 4 heterocycles. The molecule has 10 nitrogen and oxygen atoms in total. The number of aliphatic imine (C=N–C) groups is 1.